The Hall–Kier alpha value is -2.48. The number of fused-ring (bicyclic) bond motifs is 1. The Labute approximate surface area is 399 Å². The van der Waals surface area contributed by atoms with Gasteiger partial charge in [0.15, 0.2) is 17.7 Å². The number of anilines is 1. The van der Waals surface area contributed by atoms with E-state index in [-0.39, 0.29) is 47.4 Å². The van der Waals surface area contributed by atoms with Crippen LogP contribution < -0.4 is 16.4 Å². The number of hydrogen-bond acceptors (Lipinski definition) is 19. The van der Waals surface area contributed by atoms with Crippen LogP contribution in [-0.2, 0) is 50.7 Å². The van der Waals surface area contributed by atoms with Crippen LogP contribution in [0.2, 0.25) is 0 Å². The van der Waals surface area contributed by atoms with Gasteiger partial charge in [-0.2, -0.15) is 4.31 Å². The van der Waals surface area contributed by atoms with Gasteiger partial charge in [-0.3, -0.25) is 32.5 Å². The van der Waals surface area contributed by atoms with E-state index in [1.54, 1.807) is 0 Å². The zero-order valence-corrected chi connectivity index (χ0v) is 42.2. The lowest BCUT2D eigenvalue weighted by molar-refractivity contribution is -0.137. The molecule has 0 aromatic carbocycles. The highest BCUT2D eigenvalue weighted by Gasteiger charge is 2.50. The third-order valence-electron chi connectivity index (χ3n) is 10.8. The summed E-state index contributed by atoms with van der Waals surface area (Å²) in [5, 5.41) is 36.4. The van der Waals surface area contributed by atoms with Crippen LogP contribution in [0.25, 0.3) is 11.2 Å². The van der Waals surface area contributed by atoms with Crippen LogP contribution in [0.3, 0.4) is 0 Å². The van der Waals surface area contributed by atoms with Crippen LogP contribution >= 0.6 is 35.2 Å². The number of ether oxygens (including phenoxy) is 1. The smallest absolute Gasteiger partial charge is 0.386 e. The van der Waals surface area contributed by atoms with E-state index in [4.69, 9.17) is 19.5 Å². The van der Waals surface area contributed by atoms with Crippen molar-refractivity contribution in [2.75, 3.05) is 37.8 Å². The maximum Gasteiger partial charge on any atom is 0.481 e. The molecule has 0 saturated carbocycles. The fourth-order valence-electron chi connectivity index (χ4n) is 7.03. The average Bonchev–Trinajstić information content (AvgIpc) is 3.83. The largest absolute Gasteiger partial charge is 0.481 e. The van der Waals surface area contributed by atoms with Crippen LogP contribution in [0.1, 0.15) is 130 Å². The molecule has 29 heteroatoms. The number of phosphoric acid groups is 3. The number of thioether (sulfide) groups is 1. The van der Waals surface area contributed by atoms with E-state index in [2.05, 4.69) is 41.3 Å². The highest BCUT2D eigenvalue weighted by molar-refractivity contribution is 8.13. The molecule has 0 aliphatic carbocycles. The zero-order valence-electron chi connectivity index (χ0n) is 38.7. The van der Waals surface area contributed by atoms with Crippen molar-refractivity contribution in [2.45, 2.75) is 160 Å². The summed E-state index contributed by atoms with van der Waals surface area (Å²) in [5.41, 5.74) is 4.25. The molecule has 1 saturated heterocycles. The molecule has 390 valence electrons. The minimum atomic E-state index is -5.59. The van der Waals surface area contributed by atoms with Crippen molar-refractivity contribution < 1.29 is 85.6 Å². The monoisotopic (exact) mass is 1050 g/mol. The van der Waals surface area contributed by atoms with Gasteiger partial charge < -0.3 is 56.0 Å². The number of nitrogen functional groups attached to an aromatic ring is 1. The van der Waals surface area contributed by atoms with Gasteiger partial charge in [0.25, 0.3) is 0 Å². The number of imidazole rings is 1. The number of amides is 2. The Morgan fingerprint density at radius 3 is 2.06 bits per heavy atom. The van der Waals surface area contributed by atoms with E-state index >= 15 is 0 Å². The van der Waals surface area contributed by atoms with Gasteiger partial charge in [0, 0.05) is 30.7 Å². The summed E-state index contributed by atoms with van der Waals surface area (Å²) in [7, 11) is -16.4. The molecule has 8 atom stereocenters. The molecule has 2 amide bonds. The van der Waals surface area contributed by atoms with Crippen molar-refractivity contribution in [3.05, 3.63) is 12.7 Å². The molecule has 3 heterocycles. The SMILES string of the molecule is CCCCCCCCCCCCCCCCC(O)C(=O)SCCNC(=O)CCNC(=O)C(O)C(C)(C)COP(=O)(O)OP(=O)(O)OC[C@H]1O[C@@H](n2cnc3c(N)ncnc32)[C@H](O)[C@@H]1OP(=O)(O)O. The van der Waals surface area contributed by atoms with E-state index in [0.29, 0.717) is 6.42 Å². The van der Waals surface area contributed by atoms with Gasteiger partial charge in [0.05, 0.1) is 19.5 Å². The number of nitrogens with one attached hydrogen (secondary N) is 2. The molecule has 2 aromatic rings. The number of phosphoric ester groups is 3. The Bertz CT molecular complexity index is 2030. The molecule has 11 N–H and O–H groups in total. The molecular weight excluding hydrogens is 979 g/mol. The number of carbonyl (C=O) groups is 3. The van der Waals surface area contributed by atoms with Crippen LogP contribution in [0.4, 0.5) is 5.82 Å². The second kappa shape index (κ2) is 29.1. The molecule has 25 nitrogen and oxygen atoms in total. The number of nitrogens with two attached hydrogens (primary N) is 1. The molecule has 68 heavy (non-hydrogen) atoms. The lowest BCUT2D eigenvalue weighted by atomic mass is 9.87. The van der Waals surface area contributed by atoms with Crippen molar-refractivity contribution in [3.8, 4) is 0 Å². The van der Waals surface area contributed by atoms with Gasteiger partial charge in [-0.05, 0) is 6.42 Å². The number of unbranched alkanes of at least 4 members (excludes halogenated alkanes) is 13. The fourth-order valence-corrected chi connectivity index (χ4v) is 10.6. The number of aliphatic hydroxyl groups is 3. The fraction of sp³-hybridized carbons (Fsp3) is 0.795. The third-order valence-corrected chi connectivity index (χ3v) is 14.9. The van der Waals surface area contributed by atoms with Crippen LogP contribution in [0.5, 0.6) is 0 Å². The average molecular weight is 1050 g/mol. The van der Waals surface area contributed by atoms with Crippen LogP contribution in [-0.4, -0.2) is 134 Å². The minimum absolute atomic E-state index is 0.0279. The molecule has 3 rings (SSSR count). The molecule has 0 radical (unpaired) electrons. The molecule has 1 aliphatic rings. The summed E-state index contributed by atoms with van der Waals surface area (Å²) in [6, 6.07) is 0. The first-order valence-corrected chi connectivity index (χ1v) is 28.2. The first-order chi connectivity index (χ1) is 32.0. The van der Waals surface area contributed by atoms with E-state index in [1.165, 1.54) is 78.1 Å². The number of nitrogens with zero attached hydrogens (tertiary/aromatic N) is 4. The molecular formula is C39H70N7O18P3S. The summed E-state index contributed by atoms with van der Waals surface area (Å²) in [5.74, 6) is -1.28. The predicted octanol–water partition coefficient (Wildman–Crippen LogP) is 3.90. The van der Waals surface area contributed by atoms with Gasteiger partial charge in [-0.25, -0.2) is 28.6 Å². The second-order valence-corrected chi connectivity index (χ2v) is 22.5. The second-order valence-electron chi connectivity index (χ2n) is 17.1. The topological polar surface area (TPSA) is 384 Å². The summed E-state index contributed by atoms with van der Waals surface area (Å²) in [4.78, 5) is 88.5. The number of rotatable bonds is 35. The van der Waals surface area contributed by atoms with Gasteiger partial charge in [-0.15, -0.1) is 0 Å². The summed E-state index contributed by atoms with van der Waals surface area (Å²) >= 11 is 0.915. The number of aliphatic hydroxyl groups excluding tert-OH is 3. The molecule has 0 bridgehead atoms. The molecule has 0 spiro atoms. The first kappa shape index (κ1) is 59.8. The Morgan fingerprint density at radius 2 is 1.46 bits per heavy atom. The highest BCUT2D eigenvalue weighted by atomic mass is 32.2. The molecule has 4 unspecified atom stereocenters. The van der Waals surface area contributed by atoms with E-state index in [1.807, 2.05) is 0 Å². The van der Waals surface area contributed by atoms with Crippen molar-refractivity contribution in [1.29, 1.82) is 0 Å². The number of aromatic nitrogens is 4. The number of hydrogen-bond donors (Lipinski definition) is 10. The van der Waals surface area contributed by atoms with E-state index < -0.39 is 90.7 Å². The Balaban J connectivity index is 1.31. The first-order valence-electron chi connectivity index (χ1n) is 22.7. The van der Waals surface area contributed by atoms with Gasteiger partial charge in [0.2, 0.25) is 16.9 Å². The summed E-state index contributed by atoms with van der Waals surface area (Å²) in [6.45, 7) is 2.59. The predicted molar refractivity (Wildman–Crippen MR) is 248 cm³/mol. The zero-order chi connectivity index (χ0) is 50.5. The van der Waals surface area contributed by atoms with Crippen molar-refractivity contribution in [1.82, 2.24) is 30.2 Å². The van der Waals surface area contributed by atoms with Crippen molar-refractivity contribution in [2.24, 2.45) is 5.41 Å². The quantitative estimate of drug-likeness (QED) is 0.0346. The Kier molecular flexibility index (Phi) is 25.6. The third kappa shape index (κ3) is 21.5. The highest BCUT2D eigenvalue weighted by Crippen LogP contribution is 2.61. The molecule has 2 aromatic heterocycles. The van der Waals surface area contributed by atoms with Crippen molar-refractivity contribution in [3.63, 3.8) is 0 Å². The molecule has 1 aliphatic heterocycles. The Morgan fingerprint density at radius 1 is 0.868 bits per heavy atom. The van der Waals surface area contributed by atoms with Crippen LogP contribution in [0.15, 0.2) is 12.7 Å². The van der Waals surface area contributed by atoms with Gasteiger partial charge in [0.1, 0.15) is 42.4 Å². The summed E-state index contributed by atoms with van der Waals surface area (Å²) in [6.07, 6.45) is 9.23. The standard InChI is InChI=1S/C39H70N7O18P3S/c1-4-5-6-7-8-9-10-11-12-13-14-15-16-17-18-27(47)38(52)68-22-21-41-29(48)19-20-42-36(51)33(50)39(2,3)24-61-67(58,59)64-66(56,57)60-23-28-32(63-65(53,54)55)31(49)37(62-28)46-26-45-30-34(40)43-25-44-35(30)46/h25-28,31-33,37,47,49-50H,4-24H2,1-3H3,(H,41,48)(H,42,51)(H,56,57)(H,58,59)(H2,40,43,44)(H2,53,54,55)/t27?,28-,31-,32-,33?,37-/m1/s1. The van der Waals surface area contributed by atoms with Gasteiger partial charge in [-0.1, -0.05) is 122 Å². The maximum absolute atomic E-state index is 12.7. The van der Waals surface area contributed by atoms with Crippen LogP contribution in [0, 0.1) is 5.41 Å². The normalized spacial score (nSPS) is 20.4. The maximum atomic E-state index is 12.7. The lowest BCUT2D eigenvalue weighted by Gasteiger charge is -2.30. The van der Waals surface area contributed by atoms with E-state index in [0.717, 1.165) is 54.7 Å². The number of carbonyl (C=O) groups excluding carboxylic acids is 3. The van der Waals surface area contributed by atoms with E-state index in [9.17, 15) is 63.0 Å². The van der Waals surface area contributed by atoms with Crippen molar-refractivity contribution >= 4 is 69.1 Å². The minimum Gasteiger partial charge on any atom is -0.386 e. The molecule has 1 fully saturated rings. The lowest BCUT2D eigenvalue weighted by Crippen LogP contribution is -2.46. The van der Waals surface area contributed by atoms with Gasteiger partial charge >= 0.3 is 23.5 Å². The summed E-state index contributed by atoms with van der Waals surface area (Å²) < 4.78 is 62.4.